The SMILES string of the molecule is C.C/C=C/c1ccc(N(c2ccc(/C=C/c3ccc(-c4c(F)c(F)c(-c5ccc(C)s5)c5nn(C)nc45)s3)cc2)c2ccc(OCCCCCCCCCCCCCCCCCCCC)cc2)cc1.C=Cc1ccc(N(c2ccc(C=C)cc2)c2ccc(OCCCCCCCCCCCCCCCCCCCC)cc2)cc1.Cn1nc2c(-c3ccc(Br)s3)c(F)c(F)c(-c3ccc(Br)s3)c2n1. The van der Waals surface area contributed by atoms with Gasteiger partial charge in [-0.3, -0.25) is 0 Å². The van der Waals surface area contributed by atoms with E-state index in [0.29, 0.717) is 41.6 Å². The maximum absolute atomic E-state index is 16.0. The highest BCUT2D eigenvalue weighted by molar-refractivity contribution is 9.11. The fourth-order valence-electron chi connectivity index (χ4n) is 17.3. The highest BCUT2D eigenvalue weighted by atomic mass is 79.9. The smallest absolute Gasteiger partial charge is 0.170 e. The van der Waals surface area contributed by atoms with Crippen molar-refractivity contribution in [2.24, 2.45) is 14.1 Å². The van der Waals surface area contributed by atoms with Crippen molar-refractivity contribution >= 4 is 164 Å². The minimum Gasteiger partial charge on any atom is -0.494 e. The molecule has 0 radical (unpaired) electrons. The van der Waals surface area contributed by atoms with Gasteiger partial charge < -0.3 is 19.3 Å². The van der Waals surface area contributed by atoms with E-state index in [2.05, 4.69) is 247 Å². The molecular weight excluding hydrogens is 1910 g/mol. The Kier molecular flexibility index (Phi) is 45.8. The van der Waals surface area contributed by atoms with Crippen LogP contribution in [0.4, 0.5) is 51.7 Å². The molecule has 8 aromatic carbocycles. The number of benzene rings is 8. The van der Waals surface area contributed by atoms with Gasteiger partial charge in [-0.2, -0.15) is 30.0 Å². The number of thiophene rings is 4. The quantitative estimate of drug-likeness (QED) is 0.0275. The number of hydrogen-bond acceptors (Lipinski definition) is 12. The molecule has 0 N–H and O–H groups in total. The summed E-state index contributed by atoms with van der Waals surface area (Å²) in [4.78, 5) is 11.6. The van der Waals surface area contributed by atoms with Crippen molar-refractivity contribution in [2.75, 3.05) is 23.0 Å². The molecule has 6 aromatic heterocycles. The molecule has 6 heterocycles. The molecule has 0 atom stereocenters. The zero-order valence-corrected chi connectivity index (χ0v) is 87.0. The van der Waals surface area contributed by atoms with E-state index in [-0.39, 0.29) is 29.7 Å². The van der Waals surface area contributed by atoms with Gasteiger partial charge in [0.05, 0.1) is 43.0 Å². The number of fused-ring (bicyclic) bond motifs is 2. The molecule has 0 aliphatic heterocycles. The number of aryl methyl sites for hydroxylation is 3. The molecule has 0 fully saturated rings. The van der Waals surface area contributed by atoms with Crippen LogP contribution in [0.3, 0.4) is 0 Å². The number of allylic oxidation sites excluding steroid dienone is 1. The van der Waals surface area contributed by atoms with Crippen LogP contribution in [-0.2, 0) is 14.1 Å². The lowest BCUT2D eigenvalue weighted by Gasteiger charge is -2.26. The Hall–Kier alpha value is -9.80. The van der Waals surface area contributed by atoms with Crippen LogP contribution in [-0.4, -0.2) is 43.2 Å². The molecule has 10 nitrogen and oxygen atoms in total. The summed E-state index contributed by atoms with van der Waals surface area (Å²) in [6, 6.07) is 65.4. The Bertz CT molecular complexity index is 5860. The summed E-state index contributed by atoms with van der Waals surface area (Å²) in [7, 11) is 3.31. The lowest BCUT2D eigenvalue weighted by Crippen LogP contribution is -2.10. The standard InChI is InChI=1S/C59H70F2N4OS2.C42H59NO.C15H7Br2F2N3S2.CH4/c1-5-7-8-9-10-11-12-13-14-15-16-17-18-19-20-21-22-23-43-66-50-37-35-49(36-38-50)65(47-31-26-45(24-6-2)27-32-47)48-33-28-46(29-34-48)30-39-51-40-42-53(68-51)55-57(61)56(60)54(52-41-25-44(3)67-52)58-59(55)63-64(4)62-58;1-4-7-8-9-10-11-12-13-14-15-16-17-18-19-20-21-22-23-36-44-42-34-32-41(33-35-42)43(39-28-24-37(5-2)25-29-39)40-30-26-38(6-3)27-31-40;1-22-20-14-10(6-2-4-8(16)23-6)12(18)13(19)11(15(14)21-22)7-3-5-9(17)24-7;/h6,24-42H,5,7-23,43H2,1-4H3;5-6,24-35H,2-4,7-23,36H2,1H3;2-5H,1H3;1H4/b24-6+,39-30+;;;. The summed E-state index contributed by atoms with van der Waals surface area (Å²) in [5.74, 6) is -1.80. The van der Waals surface area contributed by atoms with Crippen molar-refractivity contribution in [3.05, 3.63) is 276 Å². The van der Waals surface area contributed by atoms with Gasteiger partial charge >= 0.3 is 0 Å². The van der Waals surface area contributed by atoms with Crippen LogP contribution in [0.25, 0.3) is 94.2 Å². The molecule has 137 heavy (non-hydrogen) atoms. The van der Waals surface area contributed by atoms with E-state index in [4.69, 9.17) is 9.47 Å². The van der Waals surface area contributed by atoms with E-state index >= 15 is 8.78 Å². The predicted molar refractivity (Wildman–Crippen MR) is 592 cm³/mol. The van der Waals surface area contributed by atoms with Crippen molar-refractivity contribution in [2.45, 2.75) is 266 Å². The molecule has 14 aromatic rings. The highest BCUT2D eigenvalue weighted by Gasteiger charge is 2.30. The third-order valence-corrected chi connectivity index (χ3v) is 30.1. The fraction of sp³-hybridized carbons (Fsp3) is 0.385. The second-order valence-electron chi connectivity index (χ2n) is 35.3. The fourth-order valence-corrected chi connectivity index (χ4v) is 22.0. The van der Waals surface area contributed by atoms with Gasteiger partial charge in [-0.15, -0.1) is 45.3 Å². The molecule has 0 spiro atoms. The molecule has 0 bridgehead atoms. The molecule has 0 aliphatic rings. The number of nitrogens with zero attached hydrogens (tertiary/aromatic N) is 8. The largest absolute Gasteiger partial charge is 0.494 e. The minimum atomic E-state index is -0.911. The topological polar surface area (TPSA) is 86.4 Å². The summed E-state index contributed by atoms with van der Waals surface area (Å²) in [5.41, 5.74) is 12.8. The summed E-state index contributed by atoms with van der Waals surface area (Å²) >= 11 is 12.1. The zero-order valence-electron chi connectivity index (χ0n) is 80.5. The van der Waals surface area contributed by atoms with E-state index in [1.807, 2.05) is 62.4 Å². The van der Waals surface area contributed by atoms with E-state index in [0.717, 1.165) is 111 Å². The van der Waals surface area contributed by atoms with Crippen LogP contribution >= 0.6 is 77.2 Å². The molecular formula is C117H140Br2F4N8O2S4. The molecule has 0 unspecified atom stereocenters. The molecule has 14 rings (SSSR count). The van der Waals surface area contributed by atoms with E-state index in [1.54, 1.807) is 38.4 Å². The number of aromatic nitrogens is 6. The Morgan fingerprint density at radius 1 is 0.314 bits per heavy atom. The van der Waals surface area contributed by atoms with Crippen LogP contribution in [0.15, 0.2) is 221 Å². The van der Waals surface area contributed by atoms with E-state index < -0.39 is 23.3 Å². The third kappa shape index (κ3) is 32.6. The first kappa shape index (κ1) is 108. The van der Waals surface area contributed by atoms with Crippen molar-refractivity contribution in [1.29, 1.82) is 0 Å². The Morgan fingerprint density at radius 2 is 0.569 bits per heavy atom. The average molecular weight is 2050 g/mol. The van der Waals surface area contributed by atoms with Crippen molar-refractivity contribution in [3.8, 4) is 53.3 Å². The second kappa shape index (κ2) is 58.3. The Morgan fingerprint density at radius 3 is 0.839 bits per heavy atom. The van der Waals surface area contributed by atoms with Crippen molar-refractivity contribution in [3.63, 3.8) is 0 Å². The second-order valence-corrected chi connectivity index (χ2v) is 42.7. The lowest BCUT2D eigenvalue weighted by atomic mass is 10.0. The maximum atomic E-state index is 16.0. The van der Waals surface area contributed by atoms with Crippen LogP contribution in [0.5, 0.6) is 11.5 Å². The van der Waals surface area contributed by atoms with Crippen LogP contribution < -0.4 is 19.3 Å². The van der Waals surface area contributed by atoms with Gasteiger partial charge in [-0.05, 0) is 232 Å². The van der Waals surface area contributed by atoms with Gasteiger partial charge in [0.2, 0.25) is 0 Å². The Labute approximate surface area is 846 Å². The number of hydrogen-bond donors (Lipinski definition) is 0. The summed E-state index contributed by atoms with van der Waals surface area (Å²) < 4.78 is 75.6. The number of unbranched alkanes of at least 4 members (excludes halogenated alkanes) is 34. The summed E-state index contributed by atoms with van der Waals surface area (Å²) in [5, 5.41) is 17.5. The van der Waals surface area contributed by atoms with Gasteiger partial charge in [0, 0.05) is 77.5 Å². The number of halogens is 6. The first-order valence-electron chi connectivity index (χ1n) is 49.7. The maximum Gasteiger partial charge on any atom is 0.170 e. The van der Waals surface area contributed by atoms with Crippen molar-refractivity contribution in [1.82, 2.24) is 30.0 Å². The zero-order chi connectivity index (χ0) is 95.6. The highest BCUT2D eigenvalue weighted by Crippen LogP contribution is 2.47. The van der Waals surface area contributed by atoms with Gasteiger partial charge in [0.25, 0.3) is 0 Å². The van der Waals surface area contributed by atoms with Crippen LogP contribution in [0.2, 0.25) is 0 Å². The summed E-state index contributed by atoms with van der Waals surface area (Å²) in [6.07, 6.45) is 61.7. The van der Waals surface area contributed by atoms with Crippen LogP contribution in [0, 0.1) is 30.2 Å². The summed E-state index contributed by atoms with van der Waals surface area (Å²) in [6.45, 7) is 17.9. The van der Waals surface area contributed by atoms with E-state index in [9.17, 15) is 8.78 Å². The number of ether oxygens (including phenoxy) is 2. The average Bonchev–Trinajstić information content (AvgIpc) is 1.62. The number of anilines is 6. The monoisotopic (exact) mass is 2050 g/mol. The van der Waals surface area contributed by atoms with Gasteiger partial charge in [0.1, 0.15) is 33.6 Å². The first-order chi connectivity index (χ1) is 66.5. The molecule has 0 saturated carbocycles. The molecule has 726 valence electrons. The van der Waals surface area contributed by atoms with Gasteiger partial charge in [0.15, 0.2) is 23.3 Å². The normalized spacial score (nSPS) is 11.4. The molecule has 0 saturated heterocycles. The Balaban J connectivity index is 0.000000221. The van der Waals surface area contributed by atoms with Crippen molar-refractivity contribution < 1.29 is 27.0 Å². The van der Waals surface area contributed by atoms with Crippen LogP contribution in [0.1, 0.15) is 291 Å². The number of rotatable bonds is 55. The molecule has 0 amide bonds. The molecule has 20 heteroatoms. The predicted octanol–water partition coefficient (Wildman–Crippen LogP) is 39.8. The lowest BCUT2D eigenvalue weighted by molar-refractivity contribution is 0.304. The van der Waals surface area contributed by atoms with Gasteiger partial charge in [-0.1, -0.05) is 332 Å². The minimum absolute atomic E-state index is 0. The first-order valence-corrected chi connectivity index (χ1v) is 54.5. The molecule has 0 aliphatic carbocycles. The van der Waals surface area contributed by atoms with E-state index in [1.165, 1.54) is 273 Å². The third-order valence-electron chi connectivity index (χ3n) is 24.7. The van der Waals surface area contributed by atoms with Gasteiger partial charge in [-0.25, -0.2) is 17.6 Å².